The minimum absolute atomic E-state index is 0.396. The van der Waals surface area contributed by atoms with E-state index < -0.39 is 42.3 Å². The molecule has 0 fully saturated rings. The second-order valence-corrected chi connectivity index (χ2v) is 2.26. The van der Waals surface area contributed by atoms with Crippen LogP contribution in [0.2, 0.25) is 0 Å². The average Bonchev–Trinajstić information content (AvgIpc) is 2.16. The van der Waals surface area contributed by atoms with E-state index in [1.54, 1.807) is 0 Å². The summed E-state index contributed by atoms with van der Waals surface area (Å²) >= 11 is 0. The van der Waals surface area contributed by atoms with Crippen molar-refractivity contribution < 1.29 is 19.3 Å². The molecule has 0 bridgehead atoms. The number of nitrogens with two attached hydrogens (primary N) is 3. The summed E-state index contributed by atoms with van der Waals surface area (Å²) in [5.74, 6) is -2.15. The minimum atomic E-state index is -0.717. The molecular formula is C6H13N4O3+. The number of imide groups is 3. The van der Waals surface area contributed by atoms with Gasteiger partial charge in [-0.25, -0.2) is 14.4 Å². The predicted octanol–water partition coefficient (Wildman–Crippen LogP) is -4.67. The zero-order valence-corrected chi connectivity index (χ0v) is 7.08. The molecule has 0 spiro atoms. The van der Waals surface area contributed by atoms with Gasteiger partial charge in [-0.3, -0.25) is 0 Å². The number of rotatable bonds is 3. The molecule has 0 saturated carbocycles. The van der Waals surface area contributed by atoms with E-state index in [9.17, 15) is 14.4 Å². The molecule has 0 radical (unpaired) electrons. The van der Waals surface area contributed by atoms with Gasteiger partial charge in [0.05, 0.1) is 0 Å². The molecule has 0 saturated heterocycles. The Kier molecular flexibility index (Phi) is 5.00. The highest BCUT2D eigenvalue weighted by Crippen LogP contribution is 1.59. The summed E-state index contributed by atoms with van der Waals surface area (Å²) in [5, 5.41) is 0. The highest BCUT2D eigenvalue weighted by atomic mass is 16.2. The maximum absolute atomic E-state index is 11.0. The van der Waals surface area contributed by atoms with Gasteiger partial charge in [0, 0.05) is 0 Å². The molecule has 0 atom stereocenters. The first-order chi connectivity index (χ1) is 6.08. The van der Waals surface area contributed by atoms with Crippen LogP contribution in [0.5, 0.6) is 0 Å². The number of hydrogen-bond donors (Lipinski definition) is 4. The lowest BCUT2D eigenvalue weighted by molar-refractivity contribution is -0.654. The van der Waals surface area contributed by atoms with Crippen LogP contribution in [-0.2, 0) is 14.4 Å². The Morgan fingerprint density at radius 3 is 1.15 bits per heavy atom. The van der Waals surface area contributed by atoms with Gasteiger partial charge < -0.3 is 17.2 Å². The molecule has 0 aliphatic carbocycles. The Balaban J connectivity index is 4.64. The largest absolute Gasteiger partial charge is 0.340 e. The van der Waals surface area contributed by atoms with Gasteiger partial charge in [0.25, 0.3) is 0 Å². The smallest absolute Gasteiger partial charge is 0.319 e. The third-order valence-corrected chi connectivity index (χ3v) is 1.39. The van der Waals surface area contributed by atoms with Crippen molar-refractivity contribution in [2.24, 2.45) is 17.2 Å². The fourth-order valence-electron chi connectivity index (χ4n) is 0.773. The first kappa shape index (κ1) is 11.8. The van der Waals surface area contributed by atoms with E-state index in [2.05, 4.69) is 0 Å². The van der Waals surface area contributed by atoms with Crippen molar-refractivity contribution >= 4 is 17.7 Å². The molecule has 3 amide bonds. The average molecular weight is 189 g/mol. The molecule has 0 heterocycles. The summed E-state index contributed by atoms with van der Waals surface area (Å²) in [6.07, 6.45) is 0. The summed E-state index contributed by atoms with van der Waals surface area (Å²) in [6, 6.07) is 0. The Bertz CT molecular complexity index is 190. The second-order valence-electron chi connectivity index (χ2n) is 2.26. The van der Waals surface area contributed by atoms with Gasteiger partial charge >= 0.3 is 17.7 Å². The summed E-state index contributed by atoms with van der Waals surface area (Å²) in [7, 11) is 0. The van der Waals surface area contributed by atoms with E-state index in [1.165, 1.54) is 0 Å². The van der Waals surface area contributed by atoms with Crippen molar-refractivity contribution in [3.05, 3.63) is 0 Å². The zero-order chi connectivity index (χ0) is 10.4. The molecule has 0 unspecified atom stereocenters. The summed E-state index contributed by atoms with van der Waals surface area (Å²) < 4.78 is 0. The van der Waals surface area contributed by atoms with E-state index in [0.717, 1.165) is 0 Å². The number of amides is 3. The molecule has 0 rings (SSSR count). The van der Waals surface area contributed by atoms with E-state index in [-0.39, 0.29) is 0 Å². The molecule has 0 aromatic rings. The topological polar surface area (TPSA) is 134 Å². The Morgan fingerprint density at radius 1 is 0.769 bits per heavy atom. The predicted molar refractivity (Wildman–Crippen MR) is 43.1 cm³/mol. The standard InChI is InChI=1S/C6H12N4O3/c7-1-4(11)10(5(12)2-8)6(13)3-9/h1-3,7-9H2/p+1. The number of carbonyl (C=O) groups excluding carboxylic acids is 3. The second kappa shape index (κ2) is 5.49. The molecule has 0 aromatic carbocycles. The molecule has 0 aromatic heterocycles. The monoisotopic (exact) mass is 189 g/mol. The normalized spacial score (nSPS) is 10.2. The summed E-state index contributed by atoms with van der Waals surface area (Å²) in [4.78, 5) is 32.5. The molecular weight excluding hydrogens is 176 g/mol. The van der Waals surface area contributed by atoms with E-state index in [1.807, 2.05) is 0 Å². The Morgan fingerprint density at radius 2 is 1.00 bits per heavy atom. The van der Waals surface area contributed by atoms with Crippen LogP contribution in [0.3, 0.4) is 0 Å². The number of nitrogens with one attached hydrogen (secondary N) is 1. The highest BCUT2D eigenvalue weighted by molar-refractivity contribution is 5.94. The van der Waals surface area contributed by atoms with Crippen LogP contribution in [-0.4, -0.2) is 37.4 Å². The van der Waals surface area contributed by atoms with Gasteiger partial charge in [-0.05, 0) is 0 Å². The first-order valence-corrected chi connectivity index (χ1v) is 3.65. The van der Waals surface area contributed by atoms with Crippen LogP contribution in [0.1, 0.15) is 0 Å². The van der Waals surface area contributed by atoms with Gasteiger partial charge in [-0.1, -0.05) is 0 Å². The summed E-state index contributed by atoms with van der Waals surface area (Å²) in [6.45, 7) is -1.19. The van der Waals surface area contributed by atoms with Gasteiger partial charge in [0.1, 0.15) is 19.6 Å². The van der Waals surface area contributed by atoms with Crippen molar-refractivity contribution in [3.63, 3.8) is 0 Å². The van der Waals surface area contributed by atoms with Gasteiger partial charge in [-0.2, -0.15) is 0 Å². The third-order valence-electron chi connectivity index (χ3n) is 1.39. The lowest BCUT2D eigenvalue weighted by Crippen LogP contribution is -3.21. The number of carbonyl (C=O) groups is 3. The van der Waals surface area contributed by atoms with Crippen LogP contribution >= 0.6 is 0 Å². The van der Waals surface area contributed by atoms with E-state index in [0.29, 0.717) is 0 Å². The van der Waals surface area contributed by atoms with Crippen LogP contribution in [0.15, 0.2) is 0 Å². The first-order valence-electron chi connectivity index (χ1n) is 3.65. The molecule has 13 heavy (non-hydrogen) atoms. The van der Waals surface area contributed by atoms with Gasteiger partial charge in [-0.15, -0.1) is 4.90 Å². The van der Waals surface area contributed by atoms with Crippen LogP contribution in [0.4, 0.5) is 0 Å². The number of hydrogen-bond acceptors (Lipinski definition) is 6. The Hall–Kier alpha value is -1.15. The quantitative estimate of drug-likeness (QED) is 0.352. The van der Waals surface area contributed by atoms with E-state index in [4.69, 9.17) is 17.2 Å². The molecule has 7 N–H and O–H groups in total. The lowest BCUT2D eigenvalue weighted by atomic mass is 10.4. The Labute approximate surface area is 74.8 Å². The van der Waals surface area contributed by atoms with Crippen molar-refractivity contribution in [1.82, 2.24) is 0 Å². The molecule has 0 aliphatic heterocycles. The fourth-order valence-corrected chi connectivity index (χ4v) is 0.773. The molecule has 7 heteroatoms. The molecule has 74 valence electrons. The van der Waals surface area contributed by atoms with Crippen LogP contribution < -0.4 is 22.1 Å². The summed E-state index contributed by atoms with van der Waals surface area (Å²) in [5.41, 5.74) is 15.0. The van der Waals surface area contributed by atoms with Crippen molar-refractivity contribution in [1.29, 1.82) is 0 Å². The maximum atomic E-state index is 11.0. The third kappa shape index (κ3) is 2.99. The maximum Gasteiger partial charge on any atom is 0.340 e. The van der Waals surface area contributed by atoms with Gasteiger partial charge in [0.2, 0.25) is 0 Å². The van der Waals surface area contributed by atoms with Gasteiger partial charge in [0.15, 0.2) is 0 Å². The number of quaternary nitrogens is 1. The van der Waals surface area contributed by atoms with E-state index >= 15 is 0 Å². The van der Waals surface area contributed by atoms with Crippen molar-refractivity contribution in [2.45, 2.75) is 0 Å². The minimum Gasteiger partial charge on any atom is -0.319 e. The van der Waals surface area contributed by atoms with Crippen molar-refractivity contribution in [2.75, 3.05) is 19.6 Å². The lowest BCUT2D eigenvalue weighted by Gasteiger charge is -2.08. The SMILES string of the molecule is NCC(=O)[NH+](C(=O)CN)C(=O)CN. The van der Waals surface area contributed by atoms with Crippen LogP contribution in [0, 0.1) is 0 Å². The zero-order valence-electron chi connectivity index (χ0n) is 7.08. The van der Waals surface area contributed by atoms with Crippen LogP contribution in [0.25, 0.3) is 0 Å². The molecule has 7 nitrogen and oxygen atoms in total. The van der Waals surface area contributed by atoms with Crippen molar-refractivity contribution in [3.8, 4) is 0 Å². The fraction of sp³-hybridized carbons (Fsp3) is 0.500. The highest BCUT2D eigenvalue weighted by Gasteiger charge is 2.32. The molecule has 0 aliphatic rings.